The van der Waals surface area contributed by atoms with Crippen molar-refractivity contribution in [3.05, 3.63) is 71.8 Å². The molecule has 140 valence electrons. The lowest BCUT2D eigenvalue weighted by Gasteiger charge is -2.40. The summed E-state index contributed by atoms with van der Waals surface area (Å²) in [6, 6.07) is 20.0. The lowest BCUT2D eigenvalue weighted by molar-refractivity contribution is -0.136. The van der Waals surface area contributed by atoms with E-state index in [0.29, 0.717) is 6.42 Å². The van der Waals surface area contributed by atoms with Gasteiger partial charge in [-0.25, -0.2) is 0 Å². The molecule has 0 saturated carbocycles. The van der Waals surface area contributed by atoms with Crippen molar-refractivity contribution in [1.82, 2.24) is 10.2 Å². The lowest BCUT2D eigenvalue weighted by atomic mass is 9.84. The molecule has 0 radical (unpaired) electrons. The zero-order valence-corrected chi connectivity index (χ0v) is 16.0. The van der Waals surface area contributed by atoms with Crippen LogP contribution in [-0.4, -0.2) is 36.9 Å². The summed E-state index contributed by atoms with van der Waals surface area (Å²) >= 11 is 0. The summed E-state index contributed by atoms with van der Waals surface area (Å²) in [5.41, 5.74) is 6.92. The molecule has 0 spiro atoms. The Morgan fingerprint density at radius 3 is 2.12 bits per heavy atom. The van der Waals surface area contributed by atoms with Crippen molar-refractivity contribution in [1.29, 1.82) is 0 Å². The predicted molar refractivity (Wildman–Crippen MR) is 106 cm³/mol. The Labute approximate surface area is 161 Å². The van der Waals surface area contributed by atoms with Crippen molar-refractivity contribution in [2.75, 3.05) is 20.1 Å². The zero-order chi connectivity index (χ0) is 18.3. The molecular formula is C20H26ClN3O2. The number of likely N-dealkylation sites (N-methyl/N-ethyl adjacent to an activating group) is 1. The van der Waals surface area contributed by atoms with Crippen LogP contribution < -0.4 is 11.1 Å². The van der Waals surface area contributed by atoms with E-state index in [4.69, 9.17) is 5.73 Å². The van der Waals surface area contributed by atoms with E-state index >= 15 is 0 Å². The Balaban J connectivity index is 0.00000338. The molecule has 2 rings (SSSR count). The number of carbonyl (C=O) groups is 2. The van der Waals surface area contributed by atoms with E-state index in [1.165, 1.54) is 0 Å². The second-order valence-corrected chi connectivity index (χ2v) is 6.24. The number of halogens is 1. The van der Waals surface area contributed by atoms with E-state index in [1.54, 1.807) is 11.9 Å². The minimum atomic E-state index is -0.535. The van der Waals surface area contributed by atoms with Gasteiger partial charge in [-0.2, -0.15) is 0 Å². The molecule has 2 amide bonds. The maximum absolute atomic E-state index is 12.6. The Hall–Kier alpha value is -2.37. The van der Waals surface area contributed by atoms with E-state index in [0.717, 1.165) is 11.1 Å². The van der Waals surface area contributed by atoms with Crippen LogP contribution >= 0.6 is 12.4 Å². The number of rotatable bonds is 7. The average molecular weight is 376 g/mol. The monoisotopic (exact) mass is 375 g/mol. The van der Waals surface area contributed by atoms with Crippen molar-refractivity contribution >= 4 is 24.2 Å². The van der Waals surface area contributed by atoms with Crippen LogP contribution in [0.1, 0.15) is 18.1 Å². The summed E-state index contributed by atoms with van der Waals surface area (Å²) in [6.45, 7) is 1.85. The first-order valence-corrected chi connectivity index (χ1v) is 8.30. The van der Waals surface area contributed by atoms with Gasteiger partial charge in [-0.3, -0.25) is 9.59 Å². The second kappa shape index (κ2) is 9.94. The molecule has 3 N–H and O–H groups in total. The van der Waals surface area contributed by atoms with Crippen LogP contribution in [0.4, 0.5) is 0 Å². The molecule has 0 bridgehead atoms. The summed E-state index contributed by atoms with van der Waals surface area (Å²) in [6.07, 6.45) is 0.672. The van der Waals surface area contributed by atoms with Crippen molar-refractivity contribution in [2.24, 2.45) is 5.73 Å². The maximum Gasteiger partial charge on any atom is 0.242 e. The third-order valence-corrected chi connectivity index (χ3v) is 4.52. The van der Waals surface area contributed by atoms with Gasteiger partial charge in [-0.15, -0.1) is 12.4 Å². The zero-order valence-electron chi connectivity index (χ0n) is 15.1. The fourth-order valence-corrected chi connectivity index (χ4v) is 2.85. The van der Waals surface area contributed by atoms with E-state index in [-0.39, 0.29) is 37.3 Å². The van der Waals surface area contributed by atoms with Crippen LogP contribution in [0.15, 0.2) is 60.7 Å². The van der Waals surface area contributed by atoms with Gasteiger partial charge < -0.3 is 16.0 Å². The molecule has 1 atom stereocenters. The van der Waals surface area contributed by atoms with Crippen LogP contribution in [0.2, 0.25) is 0 Å². The van der Waals surface area contributed by atoms with Crippen molar-refractivity contribution < 1.29 is 9.59 Å². The normalized spacial score (nSPS) is 12.4. The lowest BCUT2D eigenvalue weighted by Crippen LogP contribution is -2.50. The SMILES string of the molecule is CN(C(=O)CNC(=O)CN)C(C)(Cc1ccccc1)c1ccccc1.Cl. The third-order valence-electron chi connectivity index (χ3n) is 4.52. The van der Waals surface area contributed by atoms with E-state index < -0.39 is 5.54 Å². The second-order valence-electron chi connectivity index (χ2n) is 6.24. The Morgan fingerprint density at radius 1 is 1.04 bits per heavy atom. The minimum Gasteiger partial charge on any atom is -0.346 e. The number of carbonyl (C=O) groups excluding carboxylic acids is 2. The van der Waals surface area contributed by atoms with Gasteiger partial charge in [-0.1, -0.05) is 60.7 Å². The van der Waals surface area contributed by atoms with E-state index in [1.807, 2.05) is 55.5 Å². The highest BCUT2D eigenvalue weighted by atomic mass is 35.5. The maximum atomic E-state index is 12.6. The number of hydrogen-bond donors (Lipinski definition) is 2. The van der Waals surface area contributed by atoms with Crippen LogP contribution in [-0.2, 0) is 21.5 Å². The van der Waals surface area contributed by atoms with Gasteiger partial charge in [0.1, 0.15) is 0 Å². The average Bonchev–Trinajstić information content (AvgIpc) is 2.66. The molecule has 2 aromatic carbocycles. The molecule has 0 aliphatic rings. The number of amides is 2. The first-order valence-electron chi connectivity index (χ1n) is 8.30. The van der Waals surface area contributed by atoms with E-state index in [9.17, 15) is 9.59 Å². The minimum absolute atomic E-state index is 0. The summed E-state index contributed by atoms with van der Waals surface area (Å²) in [5, 5.41) is 2.55. The topological polar surface area (TPSA) is 75.4 Å². The van der Waals surface area contributed by atoms with Gasteiger partial charge >= 0.3 is 0 Å². The Morgan fingerprint density at radius 2 is 1.58 bits per heavy atom. The van der Waals surface area contributed by atoms with Gasteiger partial charge in [-0.05, 0) is 24.5 Å². The summed E-state index contributed by atoms with van der Waals surface area (Å²) < 4.78 is 0. The number of hydrogen-bond acceptors (Lipinski definition) is 3. The van der Waals surface area contributed by atoms with Gasteiger partial charge in [0.25, 0.3) is 0 Å². The predicted octanol–water partition coefficient (Wildman–Crippen LogP) is 2.10. The van der Waals surface area contributed by atoms with Gasteiger partial charge in [0.2, 0.25) is 11.8 Å². The fraction of sp³-hybridized carbons (Fsp3) is 0.300. The molecule has 0 aliphatic carbocycles. The largest absolute Gasteiger partial charge is 0.346 e. The van der Waals surface area contributed by atoms with Crippen LogP contribution in [0.5, 0.6) is 0 Å². The molecule has 0 fully saturated rings. The smallest absolute Gasteiger partial charge is 0.242 e. The summed E-state index contributed by atoms with van der Waals surface area (Å²) in [4.78, 5) is 25.7. The van der Waals surface area contributed by atoms with Crippen molar-refractivity contribution in [3.8, 4) is 0 Å². The molecule has 2 aromatic rings. The number of nitrogens with zero attached hydrogens (tertiary/aromatic N) is 1. The highest BCUT2D eigenvalue weighted by Gasteiger charge is 2.34. The third kappa shape index (κ3) is 5.31. The number of nitrogens with two attached hydrogens (primary N) is 1. The highest BCUT2D eigenvalue weighted by molar-refractivity contribution is 5.86. The summed E-state index contributed by atoms with van der Waals surface area (Å²) in [7, 11) is 1.77. The molecule has 26 heavy (non-hydrogen) atoms. The molecule has 0 aromatic heterocycles. The quantitative estimate of drug-likeness (QED) is 0.778. The van der Waals surface area contributed by atoms with Crippen molar-refractivity contribution in [3.63, 3.8) is 0 Å². The Kier molecular flexibility index (Phi) is 8.29. The molecule has 0 heterocycles. The summed E-state index contributed by atoms with van der Waals surface area (Å²) in [5.74, 6) is -0.504. The molecular weight excluding hydrogens is 350 g/mol. The molecule has 5 nitrogen and oxygen atoms in total. The van der Waals surface area contributed by atoms with E-state index in [2.05, 4.69) is 17.4 Å². The van der Waals surface area contributed by atoms with Crippen LogP contribution in [0, 0.1) is 0 Å². The van der Waals surface area contributed by atoms with Crippen molar-refractivity contribution in [2.45, 2.75) is 18.9 Å². The van der Waals surface area contributed by atoms with Gasteiger partial charge in [0.15, 0.2) is 0 Å². The van der Waals surface area contributed by atoms with Gasteiger partial charge in [0.05, 0.1) is 18.6 Å². The molecule has 1 unspecified atom stereocenters. The van der Waals surface area contributed by atoms with Crippen LogP contribution in [0.25, 0.3) is 0 Å². The number of nitrogens with one attached hydrogen (secondary N) is 1. The first-order chi connectivity index (χ1) is 12.0. The molecule has 6 heteroatoms. The fourth-order valence-electron chi connectivity index (χ4n) is 2.85. The molecule has 0 saturated heterocycles. The van der Waals surface area contributed by atoms with Gasteiger partial charge in [0, 0.05) is 7.05 Å². The Bertz CT molecular complexity index is 710. The van der Waals surface area contributed by atoms with Crippen LogP contribution in [0.3, 0.4) is 0 Å². The first kappa shape index (κ1) is 21.7. The number of benzene rings is 2. The standard InChI is InChI=1S/C20H25N3O2.ClH/c1-20(17-11-7-4-8-12-17,13-16-9-5-3-6-10-16)23(2)19(25)15-22-18(24)14-21;/h3-12H,13-15,21H2,1-2H3,(H,22,24);1H. The molecule has 0 aliphatic heterocycles. The highest BCUT2D eigenvalue weighted by Crippen LogP contribution is 2.31.